The number of aromatic amines is 1. The van der Waals surface area contributed by atoms with Gasteiger partial charge in [0.15, 0.2) is 0 Å². The van der Waals surface area contributed by atoms with Crippen LogP contribution in [0, 0.1) is 0 Å². The molecule has 4 aromatic rings. The molecule has 0 saturated carbocycles. The van der Waals surface area contributed by atoms with Gasteiger partial charge >= 0.3 is 0 Å². The molecular formula is C23H21N3O3S. The van der Waals surface area contributed by atoms with E-state index in [1.807, 2.05) is 60.0 Å². The number of aliphatic hydroxyl groups is 1. The van der Waals surface area contributed by atoms with Crippen LogP contribution in [0.15, 0.2) is 60.0 Å². The molecule has 30 heavy (non-hydrogen) atoms. The summed E-state index contributed by atoms with van der Waals surface area (Å²) in [4.78, 5) is 14.1. The lowest BCUT2D eigenvalue weighted by molar-refractivity contribution is 0.0913. The van der Waals surface area contributed by atoms with Gasteiger partial charge in [-0.25, -0.2) is 0 Å². The van der Waals surface area contributed by atoms with Gasteiger partial charge in [0.05, 0.1) is 41.9 Å². The fourth-order valence-corrected chi connectivity index (χ4v) is 3.94. The molecule has 152 valence electrons. The first-order valence-corrected chi connectivity index (χ1v) is 10.3. The third-order valence-electron chi connectivity index (χ3n) is 4.80. The predicted molar refractivity (Wildman–Crippen MR) is 120 cm³/mol. The van der Waals surface area contributed by atoms with E-state index in [9.17, 15) is 9.90 Å². The number of nitrogens with one attached hydrogen (secondary N) is 2. The molecule has 1 atom stereocenters. The summed E-state index contributed by atoms with van der Waals surface area (Å²) in [5.74, 6) is 0.111. The zero-order valence-electron chi connectivity index (χ0n) is 16.3. The fraction of sp³-hybridized carbons (Fsp3) is 0.130. The number of hydrogen-bond acceptors (Lipinski definition) is 5. The van der Waals surface area contributed by atoms with E-state index in [1.165, 1.54) is 7.11 Å². The van der Waals surface area contributed by atoms with Gasteiger partial charge in [-0.3, -0.25) is 9.89 Å². The molecule has 0 spiro atoms. The number of ether oxygens (including phenoxy) is 1. The third-order valence-corrected chi connectivity index (χ3v) is 5.64. The third kappa shape index (κ3) is 3.98. The van der Waals surface area contributed by atoms with Gasteiger partial charge in [0.1, 0.15) is 5.75 Å². The number of benzene rings is 2. The number of methoxy groups -OCH3 is 1. The molecule has 3 N–H and O–H groups in total. The summed E-state index contributed by atoms with van der Waals surface area (Å²) >= 11 is 1.64. The second kappa shape index (κ2) is 8.94. The van der Waals surface area contributed by atoms with Crippen LogP contribution in [0.1, 0.15) is 32.5 Å². The first kappa shape index (κ1) is 19.9. The Hall–Kier alpha value is -3.42. The first-order chi connectivity index (χ1) is 14.7. The highest BCUT2D eigenvalue weighted by Gasteiger charge is 2.21. The Balaban J connectivity index is 1.68. The van der Waals surface area contributed by atoms with Gasteiger partial charge in [0.25, 0.3) is 5.91 Å². The van der Waals surface area contributed by atoms with E-state index in [-0.39, 0.29) is 12.5 Å². The normalized spacial score (nSPS) is 12.3. The van der Waals surface area contributed by atoms with Crippen LogP contribution >= 0.6 is 11.3 Å². The zero-order valence-corrected chi connectivity index (χ0v) is 17.1. The van der Waals surface area contributed by atoms with E-state index in [1.54, 1.807) is 23.5 Å². The van der Waals surface area contributed by atoms with Gasteiger partial charge in [0, 0.05) is 4.88 Å². The molecule has 4 rings (SSSR count). The molecule has 2 aromatic carbocycles. The lowest BCUT2D eigenvalue weighted by Gasteiger charge is -2.18. The Kier molecular flexibility index (Phi) is 5.92. The molecule has 0 bridgehead atoms. The predicted octanol–water partition coefficient (Wildman–Crippen LogP) is 4.27. The molecule has 1 amide bonds. The molecule has 0 unspecified atom stereocenters. The Bertz CT molecular complexity index is 1170. The molecule has 6 nitrogen and oxygen atoms in total. The average Bonchev–Trinajstić information content (AvgIpc) is 3.45. The van der Waals surface area contributed by atoms with Crippen molar-refractivity contribution >= 4 is 40.3 Å². The summed E-state index contributed by atoms with van der Waals surface area (Å²) in [6.45, 7) is -0.208. The van der Waals surface area contributed by atoms with Crippen molar-refractivity contribution in [3.8, 4) is 5.75 Å². The van der Waals surface area contributed by atoms with E-state index in [4.69, 9.17) is 4.74 Å². The van der Waals surface area contributed by atoms with E-state index in [2.05, 4.69) is 15.5 Å². The van der Waals surface area contributed by atoms with Crippen molar-refractivity contribution < 1.29 is 14.6 Å². The lowest BCUT2D eigenvalue weighted by Crippen LogP contribution is -2.31. The Morgan fingerprint density at radius 1 is 1.20 bits per heavy atom. The second-order valence-electron chi connectivity index (χ2n) is 6.65. The van der Waals surface area contributed by atoms with E-state index >= 15 is 0 Å². The van der Waals surface area contributed by atoms with Crippen molar-refractivity contribution in [1.82, 2.24) is 15.5 Å². The molecule has 0 saturated heterocycles. The largest absolute Gasteiger partial charge is 0.495 e. The number of rotatable bonds is 7. The van der Waals surface area contributed by atoms with Gasteiger partial charge in [-0.15, -0.1) is 11.3 Å². The van der Waals surface area contributed by atoms with Gasteiger partial charge in [-0.2, -0.15) is 5.10 Å². The summed E-state index contributed by atoms with van der Waals surface area (Å²) in [6.07, 6.45) is 3.91. The van der Waals surface area contributed by atoms with Crippen molar-refractivity contribution in [2.45, 2.75) is 6.04 Å². The molecule has 0 fully saturated rings. The Morgan fingerprint density at radius 3 is 2.73 bits per heavy atom. The number of hydrogen-bond donors (Lipinski definition) is 3. The number of H-pyrrole nitrogens is 1. The van der Waals surface area contributed by atoms with Crippen LogP contribution in [0.3, 0.4) is 0 Å². The lowest BCUT2D eigenvalue weighted by atomic mass is 10.0. The van der Waals surface area contributed by atoms with Crippen molar-refractivity contribution in [1.29, 1.82) is 0 Å². The van der Waals surface area contributed by atoms with Crippen molar-refractivity contribution in [2.75, 3.05) is 13.7 Å². The second-order valence-corrected chi connectivity index (χ2v) is 7.63. The summed E-state index contributed by atoms with van der Waals surface area (Å²) < 4.78 is 5.62. The van der Waals surface area contributed by atoms with Crippen LogP contribution in [-0.2, 0) is 0 Å². The maximum atomic E-state index is 13.0. The van der Waals surface area contributed by atoms with Gasteiger partial charge in [-0.1, -0.05) is 36.4 Å². The molecular weight excluding hydrogens is 398 g/mol. The number of carbonyl (C=O) groups excluding carboxylic acids is 1. The van der Waals surface area contributed by atoms with Crippen molar-refractivity contribution in [3.05, 3.63) is 81.7 Å². The highest BCUT2D eigenvalue weighted by molar-refractivity contribution is 7.10. The number of thiophene rings is 1. The Labute approximate surface area is 177 Å². The SMILES string of the molecule is COc1c(C(=O)N[C@H](CO)c2ccccc2)ccc2n[nH]c(/C=C/c3cccs3)c12. The molecule has 0 radical (unpaired) electrons. The minimum atomic E-state index is -0.512. The Morgan fingerprint density at radius 2 is 2.03 bits per heavy atom. The van der Waals surface area contributed by atoms with E-state index in [0.717, 1.165) is 21.5 Å². The molecule has 2 aromatic heterocycles. The number of amides is 1. The summed E-state index contributed by atoms with van der Waals surface area (Å²) in [5.41, 5.74) is 2.67. The zero-order chi connectivity index (χ0) is 20.9. The summed E-state index contributed by atoms with van der Waals surface area (Å²) in [6, 6.07) is 16.3. The van der Waals surface area contributed by atoms with E-state index in [0.29, 0.717) is 16.8 Å². The minimum absolute atomic E-state index is 0.208. The van der Waals surface area contributed by atoms with Crippen LogP contribution < -0.4 is 10.1 Å². The highest BCUT2D eigenvalue weighted by atomic mass is 32.1. The van der Waals surface area contributed by atoms with Crippen LogP contribution in [0.2, 0.25) is 0 Å². The smallest absolute Gasteiger partial charge is 0.255 e. The quantitative estimate of drug-likeness (QED) is 0.418. The summed E-state index contributed by atoms with van der Waals surface area (Å²) in [5, 5.41) is 22.7. The molecule has 7 heteroatoms. The number of aromatic nitrogens is 2. The standard InChI is InChI=1S/C23H21N3O3S/c1-29-22-17(23(28)24-20(14-27)15-6-3-2-4-7-15)10-12-19-21(22)18(25-26-19)11-9-16-8-5-13-30-16/h2-13,20,27H,14H2,1H3,(H,24,28)(H,25,26)/b11-9+/t20-/m1/s1. The number of fused-ring (bicyclic) bond motifs is 1. The van der Waals surface area contributed by atoms with Crippen LogP contribution in [-0.4, -0.2) is 34.9 Å². The topological polar surface area (TPSA) is 87.2 Å². The van der Waals surface area contributed by atoms with E-state index < -0.39 is 6.04 Å². The maximum Gasteiger partial charge on any atom is 0.255 e. The molecule has 0 aliphatic rings. The van der Waals surface area contributed by atoms with Gasteiger partial charge in [0.2, 0.25) is 0 Å². The fourth-order valence-electron chi connectivity index (χ4n) is 3.32. The van der Waals surface area contributed by atoms with Gasteiger partial charge < -0.3 is 15.2 Å². The highest BCUT2D eigenvalue weighted by Crippen LogP contribution is 2.32. The van der Waals surface area contributed by atoms with Crippen molar-refractivity contribution in [3.63, 3.8) is 0 Å². The minimum Gasteiger partial charge on any atom is -0.495 e. The molecule has 2 heterocycles. The first-order valence-electron chi connectivity index (χ1n) is 9.44. The van der Waals surface area contributed by atoms with Crippen LogP contribution in [0.25, 0.3) is 23.1 Å². The molecule has 0 aliphatic heterocycles. The molecule has 0 aliphatic carbocycles. The summed E-state index contributed by atoms with van der Waals surface area (Å²) in [7, 11) is 1.53. The number of aliphatic hydroxyl groups excluding tert-OH is 1. The monoisotopic (exact) mass is 419 g/mol. The van der Waals surface area contributed by atoms with Crippen LogP contribution in [0.4, 0.5) is 0 Å². The van der Waals surface area contributed by atoms with Gasteiger partial charge in [-0.05, 0) is 41.3 Å². The average molecular weight is 420 g/mol. The maximum absolute atomic E-state index is 13.0. The number of nitrogens with zero attached hydrogens (tertiary/aromatic N) is 1. The van der Waals surface area contributed by atoms with Crippen molar-refractivity contribution in [2.24, 2.45) is 0 Å². The number of carbonyl (C=O) groups is 1. The van der Waals surface area contributed by atoms with Crippen LogP contribution in [0.5, 0.6) is 5.75 Å².